The number of nitrogens with zero attached hydrogens (tertiary/aromatic N) is 1. The smallest absolute Gasteiger partial charge is 0.239 e. The first-order valence-corrected chi connectivity index (χ1v) is 9.95. The number of ether oxygens (including phenoxy) is 1. The molecule has 29 heavy (non-hydrogen) atoms. The van der Waals surface area contributed by atoms with Crippen molar-refractivity contribution in [1.82, 2.24) is 5.32 Å². The summed E-state index contributed by atoms with van der Waals surface area (Å²) < 4.78 is 5.42. The first-order chi connectivity index (χ1) is 13.9. The Morgan fingerprint density at radius 3 is 2.38 bits per heavy atom. The van der Waals surface area contributed by atoms with Gasteiger partial charge in [-0.05, 0) is 44.0 Å². The highest BCUT2D eigenvalue weighted by Crippen LogP contribution is 2.28. The lowest BCUT2D eigenvalue weighted by Gasteiger charge is -2.31. The summed E-state index contributed by atoms with van der Waals surface area (Å²) in [5.41, 5.74) is 2.59. The average molecular weight is 396 g/mol. The van der Waals surface area contributed by atoms with Crippen LogP contribution in [0.4, 0.5) is 11.4 Å². The van der Waals surface area contributed by atoms with Gasteiger partial charge in [0, 0.05) is 19.6 Å². The number of nitrogens with one attached hydrogen (secondary N) is 2. The molecular weight excluding hydrogens is 366 g/mol. The van der Waals surface area contributed by atoms with Crippen molar-refractivity contribution < 1.29 is 14.3 Å². The molecule has 2 N–H and O–H groups in total. The SMILES string of the molecule is Cc1ccccc1CNC(=O)C(C)(C)C(=O)Nc1ccccc1N1CCOCC1. The molecule has 1 fully saturated rings. The Bertz CT molecular complexity index is 873. The van der Waals surface area contributed by atoms with Crippen LogP contribution in [0, 0.1) is 12.3 Å². The van der Waals surface area contributed by atoms with Crippen molar-refractivity contribution >= 4 is 23.2 Å². The fraction of sp³-hybridized carbons (Fsp3) is 0.391. The van der Waals surface area contributed by atoms with Crippen LogP contribution in [-0.2, 0) is 20.9 Å². The summed E-state index contributed by atoms with van der Waals surface area (Å²) in [7, 11) is 0. The van der Waals surface area contributed by atoms with E-state index in [2.05, 4.69) is 15.5 Å². The summed E-state index contributed by atoms with van der Waals surface area (Å²) in [4.78, 5) is 27.9. The minimum absolute atomic E-state index is 0.304. The number of carbonyl (C=O) groups excluding carboxylic acids is 2. The zero-order valence-electron chi connectivity index (χ0n) is 17.3. The summed E-state index contributed by atoms with van der Waals surface area (Å²) in [5, 5.41) is 5.85. The van der Waals surface area contributed by atoms with Gasteiger partial charge in [-0.3, -0.25) is 9.59 Å². The van der Waals surface area contributed by atoms with Crippen LogP contribution < -0.4 is 15.5 Å². The lowest BCUT2D eigenvalue weighted by atomic mass is 9.90. The summed E-state index contributed by atoms with van der Waals surface area (Å²) in [6.07, 6.45) is 0. The van der Waals surface area contributed by atoms with Crippen molar-refractivity contribution in [2.24, 2.45) is 5.41 Å². The molecule has 0 aliphatic carbocycles. The second-order valence-corrected chi connectivity index (χ2v) is 7.80. The molecule has 0 atom stereocenters. The van der Waals surface area contributed by atoms with E-state index in [1.807, 2.05) is 55.5 Å². The fourth-order valence-corrected chi connectivity index (χ4v) is 3.25. The molecule has 3 rings (SSSR count). The fourth-order valence-electron chi connectivity index (χ4n) is 3.25. The number of hydrogen-bond donors (Lipinski definition) is 2. The van der Waals surface area contributed by atoms with Gasteiger partial charge in [0.2, 0.25) is 11.8 Å². The maximum absolute atomic E-state index is 13.0. The molecule has 1 aliphatic heterocycles. The Morgan fingerprint density at radius 1 is 1.00 bits per heavy atom. The van der Waals surface area contributed by atoms with Crippen molar-refractivity contribution in [2.45, 2.75) is 27.3 Å². The highest BCUT2D eigenvalue weighted by molar-refractivity contribution is 6.10. The Kier molecular flexibility index (Phi) is 6.54. The van der Waals surface area contributed by atoms with Crippen LogP contribution in [0.2, 0.25) is 0 Å². The van der Waals surface area contributed by atoms with E-state index in [1.54, 1.807) is 13.8 Å². The number of morpholine rings is 1. The van der Waals surface area contributed by atoms with Crippen LogP contribution in [-0.4, -0.2) is 38.1 Å². The quantitative estimate of drug-likeness (QED) is 0.738. The van der Waals surface area contributed by atoms with Crippen LogP contribution in [0.5, 0.6) is 0 Å². The molecule has 1 aliphatic rings. The Morgan fingerprint density at radius 2 is 1.66 bits per heavy atom. The predicted octanol–water partition coefficient (Wildman–Crippen LogP) is 3.11. The zero-order chi connectivity index (χ0) is 20.9. The Hall–Kier alpha value is -2.86. The van der Waals surface area contributed by atoms with Gasteiger partial charge in [0.1, 0.15) is 5.41 Å². The molecule has 0 unspecified atom stereocenters. The molecule has 1 saturated heterocycles. The van der Waals surface area contributed by atoms with Gasteiger partial charge >= 0.3 is 0 Å². The van der Waals surface area contributed by atoms with Gasteiger partial charge in [-0.2, -0.15) is 0 Å². The summed E-state index contributed by atoms with van der Waals surface area (Å²) in [6.45, 7) is 8.55. The summed E-state index contributed by atoms with van der Waals surface area (Å²) >= 11 is 0. The van der Waals surface area contributed by atoms with Crippen LogP contribution >= 0.6 is 0 Å². The van der Waals surface area contributed by atoms with Crippen molar-refractivity contribution in [1.29, 1.82) is 0 Å². The van der Waals surface area contributed by atoms with Gasteiger partial charge in [-0.1, -0.05) is 36.4 Å². The molecule has 0 aromatic heterocycles. The van der Waals surface area contributed by atoms with E-state index in [0.29, 0.717) is 25.4 Å². The molecule has 0 radical (unpaired) electrons. The first-order valence-electron chi connectivity index (χ1n) is 9.95. The standard InChI is InChI=1S/C23H29N3O3/c1-17-8-4-5-9-18(17)16-24-21(27)23(2,3)22(28)25-19-10-6-7-11-20(19)26-12-14-29-15-13-26/h4-11H,12-16H2,1-3H3,(H,24,27)(H,25,28). The number of anilines is 2. The Balaban J connectivity index is 1.67. The first kappa shape index (κ1) is 20.9. The number of benzene rings is 2. The van der Waals surface area contributed by atoms with Crippen molar-refractivity contribution in [2.75, 3.05) is 36.5 Å². The molecule has 6 nitrogen and oxygen atoms in total. The largest absolute Gasteiger partial charge is 0.378 e. The lowest BCUT2D eigenvalue weighted by molar-refractivity contribution is -0.138. The lowest BCUT2D eigenvalue weighted by Crippen LogP contribution is -2.45. The molecule has 2 amide bonds. The van der Waals surface area contributed by atoms with E-state index >= 15 is 0 Å². The van der Waals surface area contributed by atoms with E-state index in [1.165, 1.54) is 0 Å². The number of aryl methyl sites for hydroxylation is 1. The van der Waals surface area contributed by atoms with E-state index in [9.17, 15) is 9.59 Å². The summed E-state index contributed by atoms with van der Waals surface area (Å²) in [6, 6.07) is 15.5. The molecule has 2 aromatic carbocycles. The second kappa shape index (κ2) is 9.09. The zero-order valence-corrected chi connectivity index (χ0v) is 17.3. The average Bonchev–Trinajstić information content (AvgIpc) is 2.74. The Labute approximate surface area is 172 Å². The molecule has 0 spiro atoms. The number of hydrogen-bond acceptors (Lipinski definition) is 4. The molecule has 154 valence electrons. The maximum atomic E-state index is 13.0. The van der Waals surface area contributed by atoms with Crippen LogP contribution in [0.25, 0.3) is 0 Å². The molecule has 0 saturated carbocycles. The van der Waals surface area contributed by atoms with Gasteiger partial charge in [0.05, 0.1) is 24.6 Å². The number of carbonyl (C=O) groups is 2. The van der Waals surface area contributed by atoms with Crippen LogP contribution in [0.15, 0.2) is 48.5 Å². The third-order valence-corrected chi connectivity index (χ3v) is 5.34. The minimum Gasteiger partial charge on any atom is -0.378 e. The summed E-state index contributed by atoms with van der Waals surface area (Å²) in [5.74, 6) is -0.636. The third kappa shape index (κ3) is 4.95. The topological polar surface area (TPSA) is 70.7 Å². The van der Waals surface area contributed by atoms with Gasteiger partial charge in [0.25, 0.3) is 0 Å². The van der Waals surface area contributed by atoms with E-state index in [4.69, 9.17) is 4.74 Å². The van der Waals surface area contributed by atoms with Crippen LogP contribution in [0.1, 0.15) is 25.0 Å². The van der Waals surface area contributed by atoms with E-state index < -0.39 is 5.41 Å². The number of rotatable bonds is 6. The number of para-hydroxylation sites is 2. The maximum Gasteiger partial charge on any atom is 0.239 e. The van der Waals surface area contributed by atoms with Gasteiger partial charge in [-0.25, -0.2) is 0 Å². The normalized spacial score (nSPS) is 14.4. The van der Waals surface area contributed by atoms with Crippen molar-refractivity contribution in [3.63, 3.8) is 0 Å². The van der Waals surface area contributed by atoms with Crippen LogP contribution in [0.3, 0.4) is 0 Å². The second-order valence-electron chi connectivity index (χ2n) is 7.80. The predicted molar refractivity (Wildman–Crippen MR) is 115 cm³/mol. The van der Waals surface area contributed by atoms with Gasteiger partial charge in [0.15, 0.2) is 0 Å². The highest BCUT2D eigenvalue weighted by atomic mass is 16.5. The van der Waals surface area contributed by atoms with Crippen molar-refractivity contribution in [3.8, 4) is 0 Å². The molecule has 0 bridgehead atoms. The van der Waals surface area contributed by atoms with Crippen molar-refractivity contribution in [3.05, 3.63) is 59.7 Å². The van der Waals surface area contributed by atoms with E-state index in [0.717, 1.165) is 29.9 Å². The van der Waals surface area contributed by atoms with Gasteiger partial charge in [-0.15, -0.1) is 0 Å². The molecule has 2 aromatic rings. The number of amides is 2. The molecule has 6 heteroatoms. The van der Waals surface area contributed by atoms with Gasteiger partial charge < -0.3 is 20.3 Å². The third-order valence-electron chi connectivity index (χ3n) is 5.34. The van der Waals surface area contributed by atoms with E-state index in [-0.39, 0.29) is 11.8 Å². The molecule has 1 heterocycles. The molecular formula is C23H29N3O3. The minimum atomic E-state index is -1.21. The monoisotopic (exact) mass is 395 g/mol. The highest BCUT2D eigenvalue weighted by Gasteiger charge is 2.36.